The van der Waals surface area contributed by atoms with Gasteiger partial charge < -0.3 is 19.9 Å². The van der Waals surface area contributed by atoms with Crippen LogP contribution in [0, 0.1) is 6.92 Å². The van der Waals surface area contributed by atoms with E-state index in [-0.39, 0.29) is 11.7 Å². The van der Waals surface area contributed by atoms with E-state index in [2.05, 4.69) is 44.3 Å². The highest BCUT2D eigenvalue weighted by Crippen LogP contribution is 2.33. The van der Waals surface area contributed by atoms with Crippen LogP contribution >= 0.6 is 0 Å². The summed E-state index contributed by atoms with van der Waals surface area (Å²) in [4.78, 5) is 30.9. The first-order valence-corrected chi connectivity index (χ1v) is 11.7. The number of likely N-dealkylation sites (N-methyl/N-ethyl adjacent to an activating group) is 1. The second-order valence-corrected chi connectivity index (χ2v) is 9.02. The Labute approximate surface area is 193 Å². The topological polar surface area (TPSA) is 88.4 Å². The van der Waals surface area contributed by atoms with Crippen molar-refractivity contribution in [2.45, 2.75) is 38.6 Å². The Morgan fingerprint density at radius 3 is 2.58 bits per heavy atom. The van der Waals surface area contributed by atoms with Crippen LogP contribution in [0.5, 0.6) is 5.75 Å². The van der Waals surface area contributed by atoms with Crippen molar-refractivity contribution < 1.29 is 4.74 Å². The molecule has 2 fully saturated rings. The Kier molecular flexibility index (Phi) is 5.88. The van der Waals surface area contributed by atoms with E-state index in [0.717, 1.165) is 80.1 Å². The molecule has 1 saturated carbocycles. The average Bonchev–Trinajstić information content (AvgIpc) is 3.34. The van der Waals surface area contributed by atoms with Gasteiger partial charge in [-0.15, -0.1) is 0 Å². The van der Waals surface area contributed by atoms with Crippen molar-refractivity contribution in [1.82, 2.24) is 24.4 Å². The number of anilines is 3. The third-order valence-corrected chi connectivity index (χ3v) is 6.84. The summed E-state index contributed by atoms with van der Waals surface area (Å²) >= 11 is 0. The number of benzene rings is 1. The van der Waals surface area contributed by atoms with Crippen LogP contribution in [0.1, 0.15) is 37.4 Å². The third-order valence-electron chi connectivity index (χ3n) is 6.84. The van der Waals surface area contributed by atoms with E-state index in [9.17, 15) is 4.79 Å². The van der Waals surface area contributed by atoms with Crippen LogP contribution in [0.4, 0.5) is 17.3 Å². The fourth-order valence-corrected chi connectivity index (χ4v) is 4.89. The normalized spacial score (nSPS) is 17.6. The zero-order valence-electron chi connectivity index (χ0n) is 19.5. The van der Waals surface area contributed by atoms with Crippen LogP contribution in [-0.4, -0.2) is 64.8 Å². The van der Waals surface area contributed by atoms with Gasteiger partial charge in [0, 0.05) is 50.2 Å². The minimum Gasteiger partial charge on any atom is -0.494 e. The summed E-state index contributed by atoms with van der Waals surface area (Å²) in [5, 5.41) is 4.13. The van der Waals surface area contributed by atoms with E-state index in [4.69, 9.17) is 9.72 Å². The Morgan fingerprint density at radius 1 is 1.09 bits per heavy atom. The van der Waals surface area contributed by atoms with Crippen molar-refractivity contribution in [2.24, 2.45) is 0 Å². The van der Waals surface area contributed by atoms with Gasteiger partial charge in [0.25, 0.3) is 0 Å². The molecule has 0 bridgehead atoms. The van der Waals surface area contributed by atoms with Crippen LogP contribution in [-0.2, 0) is 0 Å². The molecule has 1 aliphatic carbocycles. The molecule has 33 heavy (non-hydrogen) atoms. The lowest BCUT2D eigenvalue weighted by Crippen LogP contribution is -2.44. The first-order valence-electron chi connectivity index (χ1n) is 11.7. The van der Waals surface area contributed by atoms with Gasteiger partial charge in [-0.3, -0.25) is 4.57 Å². The summed E-state index contributed by atoms with van der Waals surface area (Å²) in [6.45, 7) is 6.00. The van der Waals surface area contributed by atoms with E-state index in [0.29, 0.717) is 11.6 Å². The summed E-state index contributed by atoms with van der Waals surface area (Å²) in [7, 11) is 3.82. The molecule has 174 valence electrons. The average molecular weight is 450 g/mol. The van der Waals surface area contributed by atoms with Crippen molar-refractivity contribution in [3.05, 3.63) is 40.6 Å². The number of aryl methyl sites for hydroxylation is 1. The maximum atomic E-state index is 12.7. The number of methoxy groups -OCH3 is 1. The molecule has 2 aromatic heterocycles. The molecule has 9 nitrogen and oxygen atoms in total. The SMILES string of the molecule is COc1cc(N2CCN(C)CC2)ccc1Nc1nc(C)c2cnc(=O)n(C3CCCC3)c2n1. The number of hydrogen-bond donors (Lipinski definition) is 1. The molecular weight excluding hydrogens is 418 g/mol. The molecule has 0 spiro atoms. The van der Waals surface area contributed by atoms with Crippen LogP contribution in [0.2, 0.25) is 0 Å². The van der Waals surface area contributed by atoms with E-state index in [1.165, 1.54) is 0 Å². The number of nitrogens with zero attached hydrogens (tertiary/aromatic N) is 6. The standard InChI is InChI=1S/C24H31N7O2/c1-16-19-15-25-24(32)31(17-6-4-5-7-17)22(19)28-23(26-16)27-20-9-8-18(14-21(20)33-3)30-12-10-29(2)11-13-30/h8-9,14-15,17H,4-7,10-13H2,1-3H3,(H,26,27,28). The van der Waals surface area contributed by atoms with Crippen LogP contribution in [0.15, 0.2) is 29.2 Å². The van der Waals surface area contributed by atoms with Gasteiger partial charge in [0.05, 0.1) is 23.9 Å². The largest absolute Gasteiger partial charge is 0.494 e. The summed E-state index contributed by atoms with van der Waals surface area (Å²) in [6.07, 6.45) is 5.80. The fraction of sp³-hybridized carbons (Fsp3) is 0.500. The van der Waals surface area contributed by atoms with Gasteiger partial charge in [-0.1, -0.05) is 12.8 Å². The zero-order chi connectivity index (χ0) is 22.9. The van der Waals surface area contributed by atoms with Crippen molar-refractivity contribution >= 4 is 28.4 Å². The number of rotatable bonds is 5. The maximum absolute atomic E-state index is 12.7. The molecule has 9 heteroatoms. The second kappa shape index (κ2) is 8.97. The molecule has 1 aliphatic heterocycles. The molecule has 0 radical (unpaired) electrons. The Hall–Kier alpha value is -3.20. The summed E-state index contributed by atoms with van der Waals surface area (Å²) < 4.78 is 7.45. The summed E-state index contributed by atoms with van der Waals surface area (Å²) in [5.41, 5.74) is 3.12. The van der Waals surface area contributed by atoms with Crippen LogP contribution in [0.25, 0.3) is 11.0 Å². The Bertz CT molecular complexity index is 1210. The van der Waals surface area contributed by atoms with E-state index < -0.39 is 0 Å². The van der Waals surface area contributed by atoms with Crippen molar-refractivity contribution in [3.63, 3.8) is 0 Å². The van der Waals surface area contributed by atoms with Crippen LogP contribution in [0.3, 0.4) is 0 Å². The van der Waals surface area contributed by atoms with E-state index in [1.807, 2.05) is 13.0 Å². The second-order valence-electron chi connectivity index (χ2n) is 9.02. The van der Waals surface area contributed by atoms with Gasteiger partial charge >= 0.3 is 5.69 Å². The molecule has 2 aliphatic rings. The highest BCUT2D eigenvalue weighted by Gasteiger charge is 2.22. The minimum absolute atomic E-state index is 0.147. The first kappa shape index (κ1) is 21.6. The molecule has 0 atom stereocenters. The molecule has 1 N–H and O–H groups in total. The Balaban J connectivity index is 1.48. The lowest BCUT2D eigenvalue weighted by Gasteiger charge is -2.34. The highest BCUT2D eigenvalue weighted by molar-refractivity contribution is 5.79. The van der Waals surface area contributed by atoms with Gasteiger partial charge in [-0.25, -0.2) is 14.8 Å². The lowest BCUT2D eigenvalue weighted by atomic mass is 10.2. The van der Waals surface area contributed by atoms with Crippen molar-refractivity contribution in [2.75, 3.05) is 50.6 Å². The number of nitrogens with one attached hydrogen (secondary N) is 1. The lowest BCUT2D eigenvalue weighted by molar-refractivity contribution is 0.312. The molecule has 3 aromatic rings. The maximum Gasteiger partial charge on any atom is 0.349 e. The van der Waals surface area contributed by atoms with Crippen LogP contribution < -0.4 is 20.6 Å². The Morgan fingerprint density at radius 2 is 1.85 bits per heavy atom. The smallest absolute Gasteiger partial charge is 0.349 e. The number of ether oxygens (including phenoxy) is 1. The number of aromatic nitrogens is 4. The molecule has 0 unspecified atom stereocenters. The molecule has 3 heterocycles. The number of piperazine rings is 1. The van der Waals surface area contributed by atoms with E-state index >= 15 is 0 Å². The summed E-state index contributed by atoms with van der Waals surface area (Å²) in [6, 6.07) is 6.31. The monoisotopic (exact) mass is 449 g/mol. The number of fused-ring (bicyclic) bond motifs is 1. The van der Waals surface area contributed by atoms with E-state index in [1.54, 1.807) is 17.9 Å². The van der Waals surface area contributed by atoms with Gasteiger partial charge in [0.15, 0.2) is 5.65 Å². The predicted molar refractivity (Wildman–Crippen MR) is 130 cm³/mol. The van der Waals surface area contributed by atoms with Crippen molar-refractivity contribution in [3.8, 4) is 5.75 Å². The molecule has 0 amide bonds. The predicted octanol–water partition coefficient (Wildman–Crippen LogP) is 3.11. The highest BCUT2D eigenvalue weighted by atomic mass is 16.5. The molecule has 5 rings (SSSR count). The van der Waals surface area contributed by atoms with Gasteiger partial charge in [-0.2, -0.15) is 4.98 Å². The van der Waals surface area contributed by atoms with Gasteiger partial charge in [-0.05, 0) is 38.9 Å². The first-order chi connectivity index (χ1) is 16.0. The van der Waals surface area contributed by atoms with Gasteiger partial charge in [0.1, 0.15) is 5.75 Å². The third kappa shape index (κ3) is 4.25. The van der Waals surface area contributed by atoms with Gasteiger partial charge in [0.2, 0.25) is 5.95 Å². The van der Waals surface area contributed by atoms with Crippen molar-refractivity contribution in [1.29, 1.82) is 0 Å². The molecular formula is C24H31N7O2. The quantitative estimate of drug-likeness (QED) is 0.636. The minimum atomic E-state index is -0.243. The summed E-state index contributed by atoms with van der Waals surface area (Å²) in [5.74, 6) is 1.18. The molecule has 1 saturated heterocycles. The fourth-order valence-electron chi connectivity index (χ4n) is 4.89. The molecule has 1 aromatic carbocycles. The number of hydrogen-bond acceptors (Lipinski definition) is 8. The zero-order valence-corrected chi connectivity index (χ0v) is 19.5.